The molecular weight excluding hydrogens is 433 g/mol. The van der Waals surface area contributed by atoms with Crippen LogP contribution in [0.25, 0.3) is 5.69 Å². The molecule has 172 valence electrons. The number of halogens is 3. The molecule has 1 fully saturated rings. The molecule has 1 aliphatic heterocycles. The summed E-state index contributed by atoms with van der Waals surface area (Å²) in [5.41, 5.74) is 1.86. The van der Waals surface area contributed by atoms with Gasteiger partial charge >= 0.3 is 6.18 Å². The van der Waals surface area contributed by atoms with E-state index >= 15 is 0 Å². The number of rotatable bonds is 4. The lowest BCUT2D eigenvalue weighted by Gasteiger charge is -2.36. The van der Waals surface area contributed by atoms with Gasteiger partial charge in [-0.15, -0.1) is 0 Å². The van der Waals surface area contributed by atoms with Gasteiger partial charge in [0.2, 0.25) is 0 Å². The van der Waals surface area contributed by atoms with Gasteiger partial charge < -0.3 is 9.80 Å². The Hall–Kier alpha value is -3.62. The number of carbonyl (C=O) groups excluding carboxylic acids is 2. The molecule has 2 heterocycles. The van der Waals surface area contributed by atoms with Crippen LogP contribution in [0.3, 0.4) is 0 Å². The third-order valence-electron chi connectivity index (χ3n) is 5.82. The topological polar surface area (TPSA) is 58.4 Å². The Morgan fingerprint density at radius 3 is 2.15 bits per heavy atom. The highest BCUT2D eigenvalue weighted by Crippen LogP contribution is 2.32. The first-order chi connectivity index (χ1) is 15.7. The normalized spacial score (nSPS) is 14.5. The summed E-state index contributed by atoms with van der Waals surface area (Å²) in [4.78, 5) is 29.2. The molecule has 1 amide bonds. The molecule has 0 saturated carbocycles. The Kier molecular flexibility index (Phi) is 5.97. The fourth-order valence-corrected chi connectivity index (χ4v) is 4.09. The van der Waals surface area contributed by atoms with E-state index in [1.54, 1.807) is 29.5 Å². The molecule has 0 atom stereocenters. The minimum absolute atomic E-state index is 0.242. The van der Waals surface area contributed by atoms with Crippen LogP contribution in [0, 0.1) is 13.8 Å². The molecular formula is C24H23F3N4O2. The van der Waals surface area contributed by atoms with Crippen molar-refractivity contribution in [3.63, 3.8) is 0 Å². The molecule has 0 aliphatic carbocycles. The van der Waals surface area contributed by atoms with E-state index in [1.165, 1.54) is 11.0 Å². The summed E-state index contributed by atoms with van der Waals surface area (Å²) < 4.78 is 40.7. The molecule has 3 aromatic rings. The highest BCUT2D eigenvalue weighted by atomic mass is 19.4. The molecule has 0 radical (unpaired) electrons. The number of anilines is 1. The van der Waals surface area contributed by atoms with Gasteiger partial charge in [0.1, 0.15) is 0 Å². The maximum atomic E-state index is 13.1. The second-order valence-electron chi connectivity index (χ2n) is 7.95. The average molecular weight is 456 g/mol. The number of piperazine rings is 1. The van der Waals surface area contributed by atoms with Crippen molar-refractivity contribution in [1.29, 1.82) is 0 Å². The second kappa shape index (κ2) is 8.73. The number of hydrogen-bond acceptors (Lipinski definition) is 4. The molecule has 2 aromatic carbocycles. The van der Waals surface area contributed by atoms with Crippen molar-refractivity contribution in [2.75, 3.05) is 31.1 Å². The standard InChI is InChI=1S/C24H23F3N4O2/c1-16-21(17(2)31(28-16)19-8-4-3-5-9-19)22(32)23(33)30-13-11-29(12-14-30)20-10-6-7-18(15-20)24(25,26)27/h3-10,15H,11-14H2,1-2H3. The smallest absolute Gasteiger partial charge is 0.368 e. The Balaban J connectivity index is 1.47. The molecule has 0 spiro atoms. The van der Waals surface area contributed by atoms with Crippen molar-refractivity contribution >= 4 is 17.4 Å². The van der Waals surface area contributed by atoms with E-state index in [0.29, 0.717) is 30.2 Å². The molecule has 9 heteroatoms. The predicted molar refractivity (Wildman–Crippen MR) is 118 cm³/mol. The van der Waals surface area contributed by atoms with E-state index in [1.807, 2.05) is 30.3 Å². The molecule has 1 aliphatic rings. The van der Waals surface area contributed by atoms with Crippen LogP contribution < -0.4 is 4.90 Å². The first-order valence-electron chi connectivity index (χ1n) is 10.5. The van der Waals surface area contributed by atoms with E-state index < -0.39 is 23.4 Å². The fourth-order valence-electron chi connectivity index (χ4n) is 4.09. The third kappa shape index (κ3) is 4.48. The Morgan fingerprint density at radius 2 is 1.52 bits per heavy atom. The number of benzene rings is 2. The van der Waals surface area contributed by atoms with Crippen molar-refractivity contribution in [3.8, 4) is 5.69 Å². The summed E-state index contributed by atoms with van der Waals surface area (Å²) in [5, 5.41) is 4.43. The van der Waals surface area contributed by atoms with Crippen LogP contribution in [0.4, 0.5) is 18.9 Å². The van der Waals surface area contributed by atoms with Crippen LogP contribution in [0.2, 0.25) is 0 Å². The monoisotopic (exact) mass is 456 g/mol. The summed E-state index contributed by atoms with van der Waals surface area (Å²) >= 11 is 0. The van der Waals surface area contributed by atoms with Crippen LogP contribution in [-0.2, 0) is 11.0 Å². The van der Waals surface area contributed by atoms with Crippen molar-refractivity contribution in [3.05, 3.63) is 77.1 Å². The van der Waals surface area contributed by atoms with Gasteiger partial charge in [-0.25, -0.2) is 4.68 Å². The van der Waals surface area contributed by atoms with E-state index in [-0.39, 0.29) is 18.7 Å². The Morgan fingerprint density at radius 1 is 0.879 bits per heavy atom. The average Bonchev–Trinajstić information content (AvgIpc) is 3.12. The quantitative estimate of drug-likeness (QED) is 0.439. The minimum Gasteiger partial charge on any atom is -0.368 e. The fraction of sp³-hybridized carbons (Fsp3) is 0.292. The summed E-state index contributed by atoms with van der Waals surface area (Å²) in [7, 11) is 0. The van der Waals surface area contributed by atoms with Gasteiger partial charge in [0.05, 0.1) is 28.2 Å². The first-order valence-corrected chi connectivity index (χ1v) is 10.5. The van der Waals surface area contributed by atoms with Gasteiger partial charge in [-0.1, -0.05) is 24.3 Å². The van der Waals surface area contributed by atoms with Crippen LogP contribution in [0.1, 0.15) is 27.3 Å². The predicted octanol–water partition coefficient (Wildman–Crippen LogP) is 4.04. The van der Waals surface area contributed by atoms with Gasteiger partial charge in [0.15, 0.2) is 0 Å². The van der Waals surface area contributed by atoms with Crippen LogP contribution in [0.15, 0.2) is 54.6 Å². The van der Waals surface area contributed by atoms with Crippen LogP contribution in [-0.4, -0.2) is 52.5 Å². The van der Waals surface area contributed by atoms with E-state index in [4.69, 9.17) is 0 Å². The number of carbonyl (C=O) groups is 2. The minimum atomic E-state index is -4.42. The Labute approximate surface area is 189 Å². The number of aromatic nitrogens is 2. The van der Waals surface area contributed by atoms with E-state index in [2.05, 4.69) is 5.10 Å². The van der Waals surface area contributed by atoms with Gasteiger partial charge in [0.25, 0.3) is 11.7 Å². The Bertz CT molecular complexity index is 1180. The molecule has 4 rings (SSSR count). The zero-order valence-electron chi connectivity index (χ0n) is 18.3. The summed E-state index contributed by atoms with van der Waals surface area (Å²) in [6.45, 7) is 4.60. The summed E-state index contributed by atoms with van der Waals surface area (Å²) in [5.74, 6) is -1.25. The van der Waals surface area contributed by atoms with Crippen molar-refractivity contribution in [2.45, 2.75) is 20.0 Å². The largest absolute Gasteiger partial charge is 0.416 e. The zero-order valence-corrected chi connectivity index (χ0v) is 18.3. The highest BCUT2D eigenvalue weighted by Gasteiger charge is 2.33. The van der Waals surface area contributed by atoms with E-state index in [0.717, 1.165) is 17.8 Å². The lowest BCUT2D eigenvalue weighted by Crippen LogP contribution is -2.50. The lowest BCUT2D eigenvalue weighted by molar-refractivity contribution is -0.137. The molecule has 1 aromatic heterocycles. The van der Waals surface area contributed by atoms with Gasteiger partial charge in [-0.05, 0) is 44.2 Å². The number of hydrogen-bond donors (Lipinski definition) is 0. The SMILES string of the molecule is Cc1nn(-c2ccccc2)c(C)c1C(=O)C(=O)N1CCN(c2cccc(C(F)(F)F)c2)CC1. The van der Waals surface area contributed by atoms with Crippen molar-refractivity contribution in [2.24, 2.45) is 0 Å². The van der Waals surface area contributed by atoms with Gasteiger partial charge in [-0.2, -0.15) is 18.3 Å². The van der Waals surface area contributed by atoms with E-state index in [9.17, 15) is 22.8 Å². The van der Waals surface area contributed by atoms with Crippen molar-refractivity contribution < 1.29 is 22.8 Å². The van der Waals surface area contributed by atoms with Crippen molar-refractivity contribution in [1.82, 2.24) is 14.7 Å². The number of aryl methyl sites for hydroxylation is 1. The first kappa shape index (κ1) is 22.6. The number of nitrogens with zero attached hydrogens (tertiary/aromatic N) is 4. The third-order valence-corrected chi connectivity index (χ3v) is 5.82. The number of amides is 1. The molecule has 0 N–H and O–H groups in total. The molecule has 6 nitrogen and oxygen atoms in total. The number of ketones is 1. The van der Waals surface area contributed by atoms with Gasteiger partial charge in [-0.3, -0.25) is 9.59 Å². The zero-order chi connectivity index (χ0) is 23.8. The second-order valence-corrected chi connectivity index (χ2v) is 7.95. The highest BCUT2D eigenvalue weighted by molar-refractivity contribution is 6.43. The van der Waals surface area contributed by atoms with Crippen LogP contribution in [0.5, 0.6) is 0 Å². The molecule has 0 bridgehead atoms. The summed E-state index contributed by atoms with van der Waals surface area (Å²) in [6.07, 6.45) is -4.42. The maximum absolute atomic E-state index is 13.1. The number of alkyl halides is 3. The number of Topliss-reactive ketones (excluding diaryl/α,β-unsaturated/α-hetero) is 1. The maximum Gasteiger partial charge on any atom is 0.416 e. The molecule has 1 saturated heterocycles. The summed E-state index contributed by atoms with van der Waals surface area (Å²) in [6, 6.07) is 14.5. The molecule has 33 heavy (non-hydrogen) atoms. The van der Waals surface area contributed by atoms with Gasteiger partial charge in [0, 0.05) is 31.9 Å². The lowest BCUT2D eigenvalue weighted by atomic mass is 10.1. The molecule has 0 unspecified atom stereocenters. The van der Waals surface area contributed by atoms with Crippen LogP contribution >= 0.6 is 0 Å². The number of para-hydroxylation sites is 1.